The Hall–Kier alpha value is -2.73. The van der Waals surface area contributed by atoms with Gasteiger partial charge in [-0.1, -0.05) is 20.3 Å². The van der Waals surface area contributed by atoms with Gasteiger partial charge in [0.05, 0.1) is 18.6 Å². The van der Waals surface area contributed by atoms with E-state index in [4.69, 9.17) is 10.2 Å². The minimum Gasteiger partial charge on any atom is -0.481 e. The number of hydrogen-bond donors (Lipinski definition) is 7. The van der Waals surface area contributed by atoms with Crippen LogP contribution >= 0.6 is 0 Å². The van der Waals surface area contributed by atoms with E-state index in [0.29, 0.717) is 19.4 Å². The molecule has 0 aromatic carbocycles. The third-order valence-corrected chi connectivity index (χ3v) is 5.23. The van der Waals surface area contributed by atoms with E-state index < -0.39 is 72.3 Å². The van der Waals surface area contributed by atoms with Gasteiger partial charge in [0.25, 0.3) is 0 Å². The summed E-state index contributed by atoms with van der Waals surface area (Å²) in [6, 6.07) is -4.68. The normalized spacial score (nSPS) is 20.6. The van der Waals surface area contributed by atoms with Crippen molar-refractivity contribution in [3.63, 3.8) is 0 Å². The number of rotatable bonds is 12. The quantitative estimate of drug-likeness (QED) is 0.181. The molecule has 3 amide bonds. The number of carboxylic acids is 2. The SMILES string of the molecule is CCC(C)C(NC(=O)C(NC(=O)C1CCCN1)C(C)O)C(=O)NC(CC(=O)O)C(=O)O. The lowest BCUT2D eigenvalue weighted by Crippen LogP contribution is -2.61. The van der Waals surface area contributed by atoms with Gasteiger partial charge >= 0.3 is 11.9 Å². The first-order valence-electron chi connectivity index (χ1n) is 10.2. The predicted molar refractivity (Wildman–Crippen MR) is 108 cm³/mol. The molecule has 1 fully saturated rings. The van der Waals surface area contributed by atoms with Gasteiger partial charge in [-0.2, -0.15) is 0 Å². The van der Waals surface area contributed by atoms with E-state index in [-0.39, 0.29) is 0 Å². The number of carbonyl (C=O) groups excluding carboxylic acids is 3. The Bertz CT molecular complexity index is 678. The number of aliphatic hydroxyl groups excluding tert-OH is 1. The van der Waals surface area contributed by atoms with E-state index in [1.54, 1.807) is 13.8 Å². The number of carboxylic acid groups (broad SMARTS) is 2. The molecule has 7 N–H and O–H groups in total. The molecular weight excluding hydrogens is 412 g/mol. The van der Waals surface area contributed by atoms with Gasteiger partial charge in [0.1, 0.15) is 18.1 Å². The molecule has 0 aliphatic carbocycles. The number of hydrogen-bond acceptors (Lipinski definition) is 7. The number of aliphatic hydroxyl groups is 1. The Balaban J connectivity index is 2.92. The van der Waals surface area contributed by atoms with Crippen LogP contribution in [0.15, 0.2) is 0 Å². The topological polar surface area (TPSA) is 194 Å². The number of carbonyl (C=O) groups is 5. The Morgan fingerprint density at radius 2 is 1.61 bits per heavy atom. The highest BCUT2D eigenvalue weighted by Crippen LogP contribution is 2.11. The van der Waals surface area contributed by atoms with Gasteiger partial charge in [0, 0.05) is 0 Å². The van der Waals surface area contributed by atoms with Crippen LogP contribution in [0.3, 0.4) is 0 Å². The first-order valence-corrected chi connectivity index (χ1v) is 10.2. The van der Waals surface area contributed by atoms with E-state index in [1.165, 1.54) is 6.92 Å². The van der Waals surface area contributed by atoms with E-state index >= 15 is 0 Å². The Kier molecular flexibility index (Phi) is 10.4. The van der Waals surface area contributed by atoms with Crippen molar-refractivity contribution in [2.45, 2.75) is 76.7 Å². The van der Waals surface area contributed by atoms with Gasteiger partial charge in [-0.3, -0.25) is 19.2 Å². The Morgan fingerprint density at radius 3 is 2.06 bits per heavy atom. The first-order chi connectivity index (χ1) is 14.5. The average molecular weight is 444 g/mol. The maximum absolute atomic E-state index is 12.8. The first kappa shape index (κ1) is 26.3. The molecule has 0 saturated carbocycles. The highest BCUT2D eigenvalue weighted by Gasteiger charge is 2.35. The largest absolute Gasteiger partial charge is 0.481 e. The lowest BCUT2D eigenvalue weighted by Gasteiger charge is -2.28. The molecule has 31 heavy (non-hydrogen) atoms. The molecule has 6 unspecified atom stereocenters. The van der Waals surface area contributed by atoms with Gasteiger partial charge in [-0.15, -0.1) is 0 Å². The van der Waals surface area contributed by atoms with Crippen LogP contribution < -0.4 is 21.3 Å². The standard InChI is InChI=1S/C19H32N4O8/c1-4-9(2)14(17(28)21-12(19(30)31)8-13(25)26)22-18(29)15(10(3)24)23-16(27)11-6-5-7-20-11/h9-12,14-15,20,24H,4-8H2,1-3H3,(H,21,28)(H,22,29)(H,23,27)(H,25,26)(H,30,31). The van der Waals surface area contributed by atoms with Crippen LogP contribution in [-0.4, -0.2) is 81.8 Å². The highest BCUT2D eigenvalue weighted by molar-refractivity contribution is 5.95. The molecule has 1 saturated heterocycles. The van der Waals surface area contributed by atoms with Crippen LogP contribution in [0.2, 0.25) is 0 Å². The van der Waals surface area contributed by atoms with Crippen molar-refractivity contribution in [1.82, 2.24) is 21.3 Å². The molecule has 0 aromatic rings. The number of aliphatic carboxylic acids is 2. The van der Waals surface area contributed by atoms with E-state index in [2.05, 4.69) is 21.3 Å². The van der Waals surface area contributed by atoms with Crippen molar-refractivity contribution in [3.8, 4) is 0 Å². The molecule has 1 heterocycles. The van der Waals surface area contributed by atoms with Crippen LogP contribution in [0.4, 0.5) is 0 Å². The molecule has 0 radical (unpaired) electrons. The second-order valence-corrected chi connectivity index (χ2v) is 7.74. The monoisotopic (exact) mass is 444 g/mol. The molecule has 0 spiro atoms. The fourth-order valence-corrected chi connectivity index (χ4v) is 3.15. The average Bonchev–Trinajstić information content (AvgIpc) is 3.22. The maximum atomic E-state index is 12.8. The smallest absolute Gasteiger partial charge is 0.326 e. The summed E-state index contributed by atoms with van der Waals surface area (Å²) >= 11 is 0. The van der Waals surface area contributed by atoms with Gasteiger partial charge < -0.3 is 36.6 Å². The summed E-state index contributed by atoms with van der Waals surface area (Å²) in [5.41, 5.74) is 0. The molecule has 0 bridgehead atoms. The van der Waals surface area contributed by atoms with Crippen molar-refractivity contribution >= 4 is 29.7 Å². The molecule has 176 valence electrons. The van der Waals surface area contributed by atoms with Crippen LogP contribution in [0, 0.1) is 5.92 Å². The predicted octanol–water partition coefficient (Wildman–Crippen LogP) is -1.82. The van der Waals surface area contributed by atoms with Crippen molar-refractivity contribution in [1.29, 1.82) is 0 Å². The lowest BCUT2D eigenvalue weighted by molar-refractivity contribution is -0.147. The fourth-order valence-electron chi connectivity index (χ4n) is 3.15. The lowest BCUT2D eigenvalue weighted by atomic mass is 9.97. The summed E-state index contributed by atoms with van der Waals surface area (Å²) in [5, 5.41) is 38.0. The van der Waals surface area contributed by atoms with Crippen LogP contribution in [-0.2, 0) is 24.0 Å². The van der Waals surface area contributed by atoms with Gasteiger partial charge in [-0.05, 0) is 32.2 Å². The van der Waals surface area contributed by atoms with E-state index in [0.717, 1.165) is 6.42 Å². The van der Waals surface area contributed by atoms with E-state index in [1.807, 2.05) is 0 Å². The Labute approximate surface area is 180 Å². The van der Waals surface area contributed by atoms with Crippen LogP contribution in [0.25, 0.3) is 0 Å². The zero-order chi connectivity index (χ0) is 23.7. The van der Waals surface area contributed by atoms with Gasteiger partial charge in [0.2, 0.25) is 17.7 Å². The molecule has 12 heteroatoms. The minimum absolute atomic E-state index is 0.437. The molecular formula is C19H32N4O8. The third-order valence-electron chi connectivity index (χ3n) is 5.23. The van der Waals surface area contributed by atoms with Crippen molar-refractivity contribution in [3.05, 3.63) is 0 Å². The van der Waals surface area contributed by atoms with E-state index in [9.17, 15) is 29.1 Å². The summed E-state index contributed by atoms with van der Waals surface area (Å²) in [4.78, 5) is 59.9. The fraction of sp³-hybridized carbons (Fsp3) is 0.737. The Morgan fingerprint density at radius 1 is 1.00 bits per heavy atom. The molecule has 0 aromatic heterocycles. The van der Waals surface area contributed by atoms with Crippen LogP contribution in [0.1, 0.15) is 46.5 Å². The summed E-state index contributed by atoms with van der Waals surface area (Å²) in [6.07, 6.45) is -0.251. The summed E-state index contributed by atoms with van der Waals surface area (Å²) in [7, 11) is 0. The summed E-state index contributed by atoms with van der Waals surface area (Å²) < 4.78 is 0. The third kappa shape index (κ3) is 8.13. The van der Waals surface area contributed by atoms with Gasteiger partial charge in [0.15, 0.2) is 0 Å². The molecule has 1 rings (SSSR count). The second-order valence-electron chi connectivity index (χ2n) is 7.74. The summed E-state index contributed by atoms with van der Waals surface area (Å²) in [5.74, 6) is -5.51. The maximum Gasteiger partial charge on any atom is 0.326 e. The van der Waals surface area contributed by atoms with Crippen LogP contribution in [0.5, 0.6) is 0 Å². The van der Waals surface area contributed by atoms with Gasteiger partial charge in [-0.25, -0.2) is 4.79 Å². The van der Waals surface area contributed by atoms with Crippen molar-refractivity contribution in [2.24, 2.45) is 5.92 Å². The minimum atomic E-state index is -1.67. The summed E-state index contributed by atoms with van der Waals surface area (Å²) in [6.45, 7) is 5.39. The number of nitrogens with one attached hydrogen (secondary N) is 4. The highest BCUT2D eigenvalue weighted by atomic mass is 16.4. The molecule has 12 nitrogen and oxygen atoms in total. The second kappa shape index (κ2) is 12.2. The van der Waals surface area contributed by atoms with Crippen molar-refractivity contribution in [2.75, 3.05) is 6.54 Å². The molecule has 1 aliphatic heterocycles. The zero-order valence-corrected chi connectivity index (χ0v) is 17.9. The molecule has 1 aliphatic rings. The van der Waals surface area contributed by atoms with Crippen molar-refractivity contribution < 1.29 is 39.3 Å². The zero-order valence-electron chi connectivity index (χ0n) is 17.9. The molecule has 6 atom stereocenters. The number of amides is 3.